The van der Waals surface area contributed by atoms with E-state index < -0.39 is 6.10 Å². The van der Waals surface area contributed by atoms with Gasteiger partial charge in [-0.1, -0.05) is 29.8 Å². The van der Waals surface area contributed by atoms with Crippen LogP contribution in [0.2, 0.25) is 5.02 Å². The van der Waals surface area contributed by atoms with Gasteiger partial charge >= 0.3 is 0 Å². The van der Waals surface area contributed by atoms with Crippen molar-refractivity contribution in [1.82, 2.24) is 4.72 Å². The molecule has 5 atom stereocenters. The molecule has 1 saturated carbocycles. The standard InChI is InChI=1S/C31H37ClN2O4S/c32-24-8-10-26-21(13-24)4-2-12-31(26)18-34-15-23-6-9-25(23)28(36)5-1-3-20(16-35)17-39-33-30(37)22-7-11-29(38-19-31)27(34)14-22/h1,5,7-8,10-11,13-14,20,23,25,28,35-36H,2-4,6,9,12,15-19H2,(H,33,37)/b5-1-/t20-,23+,25-,28+,31+/m1/s1. The lowest BCUT2D eigenvalue weighted by molar-refractivity contribution is 0.0455. The van der Waals surface area contributed by atoms with Gasteiger partial charge < -0.3 is 19.8 Å². The molecule has 6 rings (SSSR count). The molecule has 3 N–H and O–H groups in total. The molecule has 8 heteroatoms. The number of anilines is 1. The zero-order valence-electron chi connectivity index (χ0n) is 22.2. The van der Waals surface area contributed by atoms with E-state index in [0.717, 1.165) is 61.7 Å². The van der Waals surface area contributed by atoms with E-state index in [0.29, 0.717) is 30.3 Å². The fourth-order valence-corrected chi connectivity index (χ4v) is 7.85. The second-order valence-corrected chi connectivity index (χ2v) is 13.0. The molecular formula is C31H37ClN2O4S. The zero-order valence-corrected chi connectivity index (χ0v) is 23.7. The molecule has 2 aliphatic heterocycles. The highest BCUT2D eigenvalue weighted by Crippen LogP contribution is 2.46. The van der Waals surface area contributed by atoms with E-state index >= 15 is 0 Å². The number of hydrogen-bond acceptors (Lipinski definition) is 6. The van der Waals surface area contributed by atoms with Crippen LogP contribution < -0.4 is 14.4 Å². The van der Waals surface area contributed by atoms with Gasteiger partial charge in [0.25, 0.3) is 5.91 Å². The minimum absolute atomic E-state index is 0.0178. The third-order valence-corrected chi connectivity index (χ3v) is 10.4. The van der Waals surface area contributed by atoms with Gasteiger partial charge in [-0.25, -0.2) is 0 Å². The first kappa shape index (κ1) is 27.0. The predicted octanol–water partition coefficient (Wildman–Crippen LogP) is 5.15. The summed E-state index contributed by atoms with van der Waals surface area (Å²) < 4.78 is 9.51. The van der Waals surface area contributed by atoms with Crippen LogP contribution in [0, 0.1) is 17.8 Å². The van der Waals surface area contributed by atoms with E-state index in [4.69, 9.17) is 16.3 Å². The molecule has 1 spiro atoms. The van der Waals surface area contributed by atoms with E-state index in [1.54, 1.807) is 0 Å². The molecule has 0 saturated heterocycles. The molecule has 4 aliphatic rings. The fraction of sp³-hybridized carbons (Fsp3) is 0.516. The molecule has 2 bridgehead atoms. The SMILES string of the molecule is O=C1NSC[C@@H](CO)C/C=C\[C@H](O)[C@@H]2CC[C@H]2CN2C[C@@]3(CCCc4cc(Cl)ccc43)COc3ccc1cc32. The van der Waals surface area contributed by atoms with Gasteiger partial charge in [-0.15, -0.1) is 0 Å². The summed E-state index contributed by atoms with van der Waals surface area (Å²) >= 11 is 7.71. The number of ether oxygens (including phenoxy) is 1. The molecule has 6 nitrogen and oxygen atoms in total. The lowest BCUT2D eigenvalue weighted by Crippen LogP contribution is -2.49. The summed E-state index contributed by atoms with van der Waals surface area (Å²) in [6.45, 7) is 2.21. The van der Waals surface area contributed by atoms with Crippen molar-refractivity contribution >= 4 is 35.1 Å². The normalized spacial score (nSPS) is 31.7. The molecule has 208 valence electrons. The lowest BCUT2D eigenvalue weighted by Gasteiger charge is -2.45. The Balaban J connectivity index is 1.38. The highest BCUT2D eigenvalue weighted by Gasteiger charge is 2.44. The second-order valence-electron chi connectivity index (χ2n) is 11.7. The maximum Gasteiger partial charge on any atom is 0.261 e. The molecule has 0 radical (unpaired) electrons. The van der Waals surface area contributed by atoms with Crippen molar-refractivity contribution in [2.75, 3.05) is 37.0 Å². The summed E-state index contributed by atoms with van der Waals surface area (Å²) in [5.74, 6) is 1.81. The first-order valence-corrected chi connectivity index (χ1v) is 15.5. The van der Waals surface area contributed by atoms with Gasteiger partial charge in [0.1, 0.15) is 5.75 Å². The van der Waals surface area contributed by atoms with Crippen LogP contribution in [-0.2, 0) is 11.8 Å². The number of carbonyl (C=O) groups is 1. The summed E-state index contributed by atoms with van der Waals surface area (Å²) in [6.07, 6.45) is 9.28. The van der Waals surface area contributed by atoms with Gasteiger partial charge in [-0.05, 0) is 110 Å². The van der Waals surface area contributed by atoms with E-state index in [9.17, 15) is 15.0 Å². The van der Waals surface area contributed by atoms with E-state index in [2.05, 4.69) is 21.8 Å². The molecule has 1 fully saturated rings. The summed E-state index contributed by atoms with van der Waals surface area (Å²) in [5, 5.41) is 21.6. The molecule has 0 unspecified atom stereocenters. The van der Waals surface area contributed by atoms with Crippen molar-refractivity contribution in [2.24, 2.45) is 17.8 Å². The third-order valence-electron chi connectivity index (χ3n) is 9.21. The van der Waals surface area contributed by atoms with Gasteiger partial charge in [-0.2, -0.15) is 0 Å². The Morgan fingerprint density at radius 3 is 2.92 bits per heavy atom. The number of rotatable bonds is 1. The third kappa shape index (κ3) is 5.43. The van der Waals surface area contributed by atoms with Gasteiger partial charge in [0, 0.05) is 41.5 Å². The highest BCUT2D eigenvalue weighted by atomic mass is 35.5. The van der Waals surface area contributed by atoms with Crippen LogP contribution in [-0.4, -0.2) is 54.3 Å². The summed E-state index contributed by atoms with van der Waals surface area (Å²) in [6, 6.07) is 12.0. The number of halogens is 1. The van der Waals surface area contributed by atoms with Gasteiger partial charge in [0.2, 0.25) is 0 Å². The first-order valence-electron chi connectivity index (χ1n) is 14.1. The Bertz CT molecular complexity index is 1260. The number of fused-ring (bicyclic) bond motifs is 4. The van der Waals surface area contributed by atoms with Crippen molar-refractivity contribution in [3.63, 3.8) is 0 Å². The average Bonchev–Trinajstić information content (AvgIpc) is 3.06. The van der Waals surface area contributed by atoms with E-state index in [1.165, 1.54) is 23.1 Å². The van der Waals surface area contributed by atoms with Crippen molar-refractivity contribution in [2.45, 2.75) is 50.0 Å². The molecule has 1 amide bonds. The monoisotopic (exact) mass is 568 g/mol. The van der Waals surface area contributed by atoms with Crippen LogP contribution in [0.4, 0.5) is 5.69 Å². The number of nitrogens with one attached hydrogen (secondary N) is 1. The number of nitrogens with zero attached hydrogens (tertiary/aromatic N) is 1. The van der Waals surface area contributed by atoms with Crippen molar-refractivity contribution in [3.05, 3.63) is 70.3 Å². The van der Waals surface area contributed by atoms with Crippen LogP contribution in [0.5, 0.6) is 5.75 Å². The van der Waals surface area contributed by atoms with Crippen LogP contribution in [0.1, 0.15) is 53.6 Å². The number of allylic oxidation sites excluding steroid dienone is 1. The van der Waals surface area contributed by atoms with Gasteiger partial charge in [-0.3, -0.25) is 9.52 Å². The number of aliphatic hydroxyl groups excluding tert-OH is 2. The van der Waals surface area contributed by atoms with Crippen molar-refractivity contribution < 1.29 is 19.7 Å². The van der Waals surface area contributed by atoms with Crippen LogP contribution >= 0.6 is 23.5 Å². The topological polar surface area (TPSA) is 82.0 Å². The number of benzene rings is 2. The summed E-state index contributed by atoms with van der Waals surface area (Å²) in [7, 11) is 0. The Hall–Kier alpha value is -2.19. The highest BCUT2D eigenvalue weighted by molar-refractivity contribution is 7.97. The molecule has 2 aromatic carbocycles. The molecule has 0 aromatic heterocycles. The van der Waals surface area contributed by atoms with Crippen molar-refractivity contribution in [3.8, 4) is 5.75 Å². The number of aryl methyl sites for hydroxylation is 1. The lowest BCUT2D eigenvalue weighted by atomic mass is 9.68. The van der Waals surface area contributed by atoms with Gasteiger partial charge in [0.15, 0.2) is 0 Å². The maximum absolute atomic E-state index is 13.1. The number of amides is 1. The number of aliphatic hydroxyl groups is 2. The number of carbonyl (C=O) groups excluding carboxylic acids is 1. The minimum atomic E-state index is -0.496. The summed E-state index contributed by atoms with van der Waals surface area (Å²) in [4.78, 5) is 15.6. The largest absolute Gasteiger partial charge is 0.490 e. The van der Waals surface area contributed by atoms with Gasteiger partial charge in [0.05, 0.1) is 18.4 Å². The van der Waals surface area contributed by atoms with Crippen LogP contribution in [0.15, 0.2) is 48.6 Å². The minimum Gasteiger partial charge on any atom is -0.490 e. The second kappa shape index (κ2) is 11.4. The molecule has 2 heterocycles. The molecular weight excluding hydrogens is 532 g/mol. The van der Waals surface area contributed by atoms with E-state index in [1.807, 2.05) is 36.4 Å². The smallest absolute Gasteiger partial charge is 0.261 e. The molecule has 2 aliphatic carbocycles. The molecule has 2 aromatic rings. The van der Waals surface area contributed by atoms with Crippen LogP contribution in [0.3, 0.4) is 0 Å². The summed E-state index contributed by atoms with van der Waals surface area (Å²) in [5.41, 5.74) is 3.99. The van der Waals surface area contributed by atoms with Crippen molar-refractivity contribution in [1.29, 1.82) is 0 Å². The Kier molecular flexibility index (Phi) is 7.86. The quantitative estimate of drug-likeness (QED) is 0.326. The Labute approximate surface area is 239 Å². The Morgan fingerprint density at radius 1 is 1.21 bits per heavy atom. The fourth-order valence-electron chi connectivity index (χ4n) is 6.84. The Morgan fingerprint density at radius 2 is 2.10 bits per heavy atom. The zero-order chi connectivity index (χ0) is 27.0. The first-order chi connectivity index (χ1) is 19.0. The average molecular weight is 569 g/mol. The molecule has 39 heavy (non-hydrogen) atoms. The number of hydrogen-bond donors (Lipinski definition) is 3. The predicted molar refractivity (Wildman–Crippen MR) is 157 cm³/mol. The van der Waals surface area contributed by atoms with E-state index in [-0.39, 0.29) is 29.8 Å². The van der Waals surface area contributed by atoms with Crippen LogP contribution in [0.25, 0.3) is 0 Å². The maximum atomic E-state index is 13.1.